The Bertz CT molecular complexity index is 823. The average Bonchev–Trinajstić information content (AvgIpc) is 3.05. The molecule has 0 saturated carbocycles. The van der Waals surface area contributed by atoms with Crippen LogP contribution in [0.1, 0.15) is 50.4 Å². The Labute approximate surface area is 176 Å². The van der Waals surface area contributed by atoms with Gasteiger partial charge in [-0.15, -0.1) is 0 Å². The smallest absolute Gasteiger partial charge is 0.328 e. The minimum Gasteiger partial charge on any atom is -0.497 e. The molecule has 8 nitrogen and oxygen atoms in total. The predicted molar refractivity (Wildman–Crippen MR) is 109 cm³/mol. The van der Waals surface area contributed by atoms with Crippen molar-refractivity contribution >= 4 is 17.8 Å². The maximum Gasteiger partial charge on any atom is 0.328 e. The maximum absolute atomic E-state index is 13.4. The van der Waals surface area contributed by atoms with E-state index in [1.54, 1.807) is 29.2 Å². The number of carbonyl (C=O) groups excluding carboxylic acids is 2. The van der Waals surface area contributed by atoms with Crippen molar-refractivity contribution in [3.8, 4) is 5.75 Å². The van der Waals surface area contributed by atoms with Crippen molar-refractivity contribution < 1.29 is 29.0 Å². The van der Waals surface area contributed by atoms with E-state index >= 15 is 0 Å². The van der Waals surface area contributed by atoms with Gasteiger partial charge in [-0.2, -0.15) is 0 Å². The highest BCUT2D eigenvalue weighted by atomic mass is 16.5. The quantitative estimate of drug-likeness (QED) is 0.807. The molecule has 0 bridgehead atoms. The zero-order valence-electron chi connectivity index (χ0n) is 18.0. The zero-order valence-corrected chi connectivity index (χ0v) is 18.0. The SMILES string of the molecule is COc1cccc(C(=O)N2[C@H](C(=O)O)COC23CCN(C(=O)CC(C)(C)C)CC3)c1. The number of carbonyl (C=O) groups is 3. The van der Waals surface area contributed by atoms with Gasteiger partial charge in [0.1, 0.15) is 11.5 Å². The summed E-state index contributed by atoms with van der Waals surface area (Å²) in [6.45, 7) is 6.82. The van der Waals surface area contributed by atoms with Crippen molar-refractivity contribution in [1.29, 1.82) is 0 Å². The Morgan fingerprint density at radius 2 is 1.90 bits per heavy atom. The summed E-state index contributed by atoms with van der Waals surface area (Å²) in [5, 5.41) is 9.70. The molecular formula is C22H30N2O6. The Kier molecular flexibility index (Phi) is 6.08. The first-order valence-electron chi connectivity index (χ1n) is 10.2. The lowest BCUT2D eigenvalue weighted by Gasteiger charge is -2.44. The van der Waals surface area contributed by atoms with Gasteiger partial charge in [0.25, 0.3) is 5.91 Å². The molecule has 1 aromatic rings. The van der Waals surface area contributed by atoms with E-state index in [1.807, 2.05) is 20.8 Å². The molecule has 164 valence electrons. The van der Waals surface area contributed by atoms with Gasteiger partial charge in [-0.1, -0.05) is 26.8 Å². The number of hydrogen-bond donors (Lipinski definition) is 1. The fourth-order valence-corrected chi connectivity index (χ4v) is 4.12. The first-order valence-corrected chi connectivity index (χ1v) is 10.2. The van der Waals surface area contributed by atoms with Crippen LogP contribution in [0.15, 0.2) is 24.3 Å². The molecule has 2 saturated heterocycles. The molecular weight excluding hydrogens is 388 g/mol. The zero-order chi connectivity index (χ0) is 22.1. The molecule has 2 aliphatic rings. The van der Waals surface area contributed by atoms with Gasteiger partial charge in [-0.05, 0) is 23.6 Å². The molecule has 0 unspecified atom stereocenters. The van der Waals surface area contributed by atoms with Crippen molar-refractivity contribution in [3.63, 3.8) is 0 Å². The first-order chi connectivity index (χ1) is 14.1. The Balaban J connectivity index is 1.82. The molecule has 1 spiro atoms. The van der Waals surface area contributed by atoms with Gasteiger partial charge in [0.05, 0.1) is 13.7 Å². The van der Waals surface area contributed by atoms with E-state index in [9.17, 15) is 19.5 Å². The number of rotatable bonds is 4. The van der Waals surface area contributed by atoms with Crippen LogP contribution in [0, 0.1) is 5.41 Å². The van der Waals surface area contributed by atoms with E-state index in [-0.39, 0.29) is 17.9 Å². The van der Waals surface area contributed by atoms with E-state index in [4.69, 9.17) is 9.47 Å². The van der Waals surface area contributed by atoms with Crippen molar-refractivity contribution in [3.05, 3.63) is 29.8 Å². The lowest BCUT2D eigenvalue weighted by atomic mass is 9.90. The van der Waals surface area contributed by atoms with Gasteiger partial charge >= 0.3 is 5.97 Å². The molecule has 1 aromatic carbocycles. The van der Waals surface area contributed by atoms with Crippen LogP contribution in [0.2, 0.25) is 0 Å². The number of methoxy groups -OCH3 is 1. The van der Waals surface area contributed by atoms with Crippen LogP contribution in [-0.2, 0) is 14.3 Å². The standard InChI is InChI=1S/C22H30N2O6/c1-21(2,3)13-18(25)23-10-8-22(9-11-23)24(17(14-30-22)20(27)28)19(26)15-6-5-7-16(12-15)29-4/h5-7,12,17H,8-11,13-14H2,1-4H3,(H,27,28)/t17-/m0/s1. The highest BCUT2D eigenvalue weighted by Crippen LogP contribution is 2.39. The number of nitrogens with zero attached hydrogens (tertiary/aromatic N) is 2. The number of piperidine rings is 1. The molecule has 30 heavy (non-hydrogen) atoms. The molecule has 0 radical (unpaired) electrons. The Morgan fingerprint density at radius 3 is 2.47 bits per heavy atom. The van der Waals surface area contributed by atoms with Gasteiger partial charge in [-0.3, -0.25) is 14.5 Å². The van der Waals surface area contributed by atoms with Crippen LogP contribution in [0.5, 0.6) is 5.75 Å². The van der Waals surface area contributed by atoms with Crippen LogP contribution >= 0.6 is 0 Å². The third-order valence-corrected chi connectivity index (χ3v) is 5.66. The molecule has 1 atom stereocenters. The van der Waals surface area contributed by atoms with Crippen molar-refractivity contribution in [2.75, 3.05) is 26.8 Å². The van der Waals surface area contributed by atoms with Crippen LogP contribution in [0.3, 0.4) is 0 Å². The summed E-state index contributed by atoms with van der Waals surface area (Å²) in [4.78, 5) is 40.9. The maximum atomic E-state index is 13.4. The summed E-state index contributed by atoms with van der Waals surface area (Å²) >= 11 is 0. The average molecular weight is 418 g/mol. The van der Waals surface area contributed by atoms with Crippen LogP contribution in [-0.4, -0.2) is 71.3 Å². The Morgan fingerprint density at radius 1 is 1.23 bits per heavy atom. The largest absolute Gasteiger partial charge is 0.497 e. The summed E-state index contributed by atoms with van der Waals surface area (Å²) in [6.07, 6.45) is 1.19. The number of carboxylic acid groups (broad SMARTS) is 1. The summed E-state index contributed by atoms with van der Waals surface area (Å²) in [6, 6.07) is 5.58. The Hall–Kier alpha value is -2.61. The van der Waals surface area contributed by atoms with Crippen LogP contribution in [0.25, 0.3) is 0 Å². The van der Waals surface area contributed by atoms with E-state index in [0.717, 1.165) is 0 Å². The minimum atomic E-state index is -1.10. The molecule has 3 rings (SSSR count). The lowest BCUT2D eigenvalue weighted by molar-refractivity contribution is -0.148. The predicted octanol–water partition coefficient (Wildman–Crippen LogP) is 2.38. The summed E-state index contributed by atoms with van der Waals surface area (Å²) < 4.78 is 11.1. The second-order valence-corrected chi connectivity index (χ2v) is 9.14. The van der Waals surface area contributed by atoms with E-state index in [0.29, 0.717) is 43.7 Å². The number of carboxylic acids is 1. The molecule has 2 amide bonds. The minimum absolute atomic E-state index is 0.0656. The topological polar surface area (TPSA) is 96.4 Å². The third kappa shape index (κ3) is 4.43. The number of ether oxygens (including phenoxy) is 2. The highest BCUT2D eigenvalue weighted by Gasteiger charge is 2.54. The summed E-state index contributed by atoms with van der Waals surface area (Å²) in [7, 11) is 1.51. The second kappa shape index (κ2) is 8.26. The fourth-order valence-electron chi connectivity index (χ4n) is 4.12. The highest BCUT2D eigenvalue weighted by molar-refractivity contribution is 5.97. The molecule has 0 aliphatic carbocycles. The molecule has 2 aliphatic heterocycles. The summed E-state index contributed by atoms with van der Waals surface area (Å²) in [5.74, 6) is -0.928. The van der Waals surface area contributed by atoms with Gasteiger partial charge in [0.15, 0.2) is 6.04 Å². The van der Waals surface area contributed by atoms with E-state index in [1.165, 1.54) is 12.0 Å². The van der Waals surface area contributed by atoms with Crippen LogP contribution < -0.4 is 4.74 Å². The molecule has 0 aromatic heterocycles. The number of amides is 2. The van der Waals surface area contributed by atoms with Crippen molar-refractivity contribution in [2.24, 2.45) is 5.41 Å². The van der Waals surface area contributed by atoms with E-state index < -0.39 is 23.6 Å². The molecule has 2 heterocycles. The van der Waals surface area contributed by atoms with Gasteiger partial charge < -0.3 is 19.5 Å². The monoisotopic (exact) mass is 418 g/mol. The van der Waals surface area contributed by atoms with Crippen molar-refractivity contribution in [1.82, 2.24) is 9.80 Å². The van der Waals surface area contributed by atoms with E-state index in [2.05, 4.69) is 0 Å². The number of hydrogen-bond acceptors (Lipinski definition) is 5. The molecule has 1 N–H and O–H groups in total. The third-order valence-electron chi connectivity index (χ3n) is 5.66. The summed E-state index contributed by atoms with van der Waals surface area (Å²) in [5.41, 5.74) is -0.794. The van der Waals surface area contributed by atoms with Gasteiger partial charge in [-0.25, -0.2) is 4.79 Å². The van der Waals surface area contributed by atoms with Gasteiger partial charge in [0, 0.05) is 37.9 Å². The number of aliphatic carboxylic acids is 1. The normalized spacial score (nSPS) is 21.0. The molecule has 2 fully saturated rings. The first kappa shape index (κ1) is 22.1. The van der Waals surface area contributed by atoms with Gasteiger partial charge in [0.2, 0.25) is 5.91 Å². The van der Waals surface area contributed by atoms with Crippen molar-refractivity contribution in [2.45, 2.75) is 51.8 Å². The fraction of sp³-hybridized carbons (Fsp3) is 0.591. The number of likely N-dealkylation sites (tertiary alicyclic amines) is 1. The number of benzene rings is 1. The second-order valence-electron chi connectivity index (χ2n) is 9.14. The van der Waals surface area contributed by atoms with Crippen LogP contribution in [0.4, 0.5) is 0 Å². The lowest BCUT2D eigenvalue weighted by Crippen LogP contribution is -2.58. The molecule has 8 heteroatoms.